The molecule has 6 aliphatic heterocycles. The van der Waals surface area contributed by atoms with Crippen molar-refractivity contribution in [3.63, 3.8) is 0 Å². The van der Waals surface area contributed by atoms with E-state index in [1.54, 1.807) is 13.8 Å². The van der Waals surface area contributed by atoms with E-state index in [9.17, 15) is 9.59 Å². The lowest BCUT2D eigenvalue weighted by atomic mass is 9.91. The highest BCUT2D eigenvalue weighted by molar-refractivity contribution is 5.73. The average molecular weight is 1620 g/mol. The maximum absolute atomic E-state index is 14.1. The summed E-state index contributed by atoms with van der Waals surface area (Å²) >= 11 is 0. The Kier molecular flexibility index (Phi) is 30.7. The third-order valence-corrected chi connectivity index (χ3v) is 22.3. The Balaban J connectivity index is 0.871. The topological polar surface area (TPSA) is 231 Å². The standard InChI is InChI=1S/C95H113NO22/c1-60-78(114-92-88(106-57-74-48-32-17-33-49-74)86(105-56-73-46-30-16-31-47-73)82(103-54-71-42-26-14-27-43-71)75(113-92)58-99-50-67-34-18-10-19-35-67)79(100-51-68-36-20-11-21-37-68)62(3)109-91(60)117-89-85(104-55-72-44-28-15-29-45-72)80(101-52-69-38-22-12-23-39-69)63(4)110-93(89)116-87-81(102-53-70-40-24-13-25-41-70)64(5)111-94(90(87)112-66(7)98)115-84-77(96-65(6)97)61(2)108-76-59-107-95(8,9)118-83(76)84/h10-49,60-64,75-94H,50-59H2,1-9H3,(H,96,97)/t60?,61-,62?,63?,64?,75-,76?,77?,78+,79-,80-,81-,82+,83+,84+,85-,86?,87-,88?,89?,90?,91-,92+,93-,94-/m0/s1. The summed E-state index contributed by atoms with van der Waals surface area (Å²) in [4.78, 5) is 27.4. The first kappa shape index (κ1) is 86.3. The molecule has 630 valence electrons. The first-order chi connectivity index (χ1) is 57.4. The van der Waals surface area contributed by atoms with Gasteiger partial charge in [0, 0.05) is 19.8 Å². The predicted molar refractivity (Wildman–Crippen MR) is 434 cm³/mol. The molecule has 1 amide bonds. The molecule has 25 atom stereocenters. The van der Waals surface area contributed by atoms with E-state index in [1.807, 2.05) is 277 Å². The molecule has 1 N–H and O–H groups in total. The second-order valence-corrected chi connectivity index (χ2v) is 31.7. The number of carbonyl (C=O) groups excluding carboxylic acids is 2. The molecular formula is C95H113NO22. The van der Waals surface area contributed by atoms with E-state index >= 15 is 0 Å². The summed E-state index contributed by atoms with van der Waals surface area (Å²) in [6.07, 6.45) is -22.9. The van der Waals surface area contributed by atoms with Crippen LogP contribution >= 0.6 is 0 Å². The number of hydrogen-bond acceptors (Lipinski definition) is 22. The van der Waals surface area contributed by atoms with Crippen LogP contribution in [0.15, 0.2) is 243 Å². The fourth-order valence-electron chi connectivity index (χ4n) is 16.3. The zero-order chi connectivity index (χ0) is 81.9. The van der Waals surface area contributed by atoms with Gasteiger partial charge in [-0.1, -0.05) is 250 Å². The number of amides is 1. The van der Waals surface area contributed by atoms with Crippen molar-refractivity contribution in [3.05, 3.63) is 287 Å². The van der Waals surface area contributed by atoms with E-state index in [0.717, 1.165) is 44.5 Å². The molecule has 0 aromatic heterocycles. The third-order valence-electron chi connectivity index (χ3n) is 22.3. The Hall–Kier alpha value is -8.06. The third kappa shape index (κ3) is 22.9. The summed E-state index contributed by atoms with van der Waals surface area (Å²) in [5.41, 5.74) is 7.29. The smallest absolute Gasteiger partial charge is 0.303 e. The van der Waals surface area contributed by atoms with Crippen LogP contribution in [0.4, 0.5) is 0 Å². The van der Waals surface area contributed by atoms with E-state index in [1.165, 1.54) is 13.8 Å². The summed E-state index contributed by atoms with van der Waals surface area (Å²) < 4.78 is 143. The quantitative estimate of drug-likeness (QED) is 0.0364. The zero-order valence-corrected chi connectivity index (χ0v) is 68.6. The monoisotopic (exact) mass is 1620 g/mol. The fraction of sp³-hybridized carbons (Fsp3) is 0.474. The number of nitrogens with one attached hydrogen (secondary N) is 1. The van der Waals surface area contributed by atoms with Gasteiger partial charge in [-0.15, -0.1) is 0 Å². The normalized spacial score (nSPS) is 32.1. The highest BCUT2D eigenvalue weighted by Crippen LogP contribution is 2.44. The van der Waals surface area contributed by atoms with Gasteiger partial charge >= 0.3 is 5.97 Å². The summed E-state index contributed by atoms with van der Waals surface area (Å²) in [5.74, 6) is -2.89. The van der Waals surface area contributed by atoms with Crippen LogP contribution in [0.3, 0.4) is 0 Å². The van der Waals surface area contributed by atoms with Gasteiger partial charge in [0.2, 0.25) is 5.91 Å². The maximum atomic E-state index is 14.1. The lowest BCUT2D eigenvalue weighted by molar-refractivity contribution is -0.403. The van der Waals surface area contributed by atoms with Crippen molar-refractivity contribution in [2.75, 3.05) is 13.2 Å². The number of esters is 1. The van der Waals surface area contributed by atoms with Gasteiger partial charge in [-0.3, -0.25) is 9.59 Å². The van der Waals surface area contributed by atoms with Crippen LogP contribution in [0.5, 0.6) is 0 Å². The van der Waals surface area contributed by atoms with E-state index in [-0.39, 0.29) is 72.0 Å². The maximum Gasteiger partial charge on any atom is 0.303 e. The molecule has 8 aromatic carbocycles. The number of hydrogen-bond donors (Lipinski definition) is 1. The van der Waals surface area contributed by atoms with Crippen LogP contribution in [0, 0.1) is 5.92 Å². The molecule has 0 aliphatic carbocycles. The molecule has 6 aliphatic rings. The number of fused-ring (bicyclic) bond motifs is 1. The molecular weight excluding hydrogens is 1510 g/mol. The lowest BCUT2D eigenvalue weighted by Gasteiger charge is -2.53. The fourth-order valence-corrected chi connectivity index (χ4v) is 16.3. The number of rotatable bonds is 35. The molecule has 23 heteroatoms. The number of benzene rings is 8. The molecule has 0 radical (unpaired) electrons. The van der Waals surface area contributed by atoms with E-state index in [4.69, 9.17) is 94.7 Å². The van der Waals surface area contributed by atoms with E-state index < -0.39 is 165 Å². The Morgan fingerprint density at radius 1 is 0.347 bits per heavy atom. The summed E-state index contributed by atoms with van der Waals surface area (Å²) in [6, 6.07) is 78.5. The van der Waals surface area contributed by atoms with Crippen molar-refractivity contribution < 1.29 is 104 Å². The minimum atomic E-state index is -1.44. The van der Waals surface area contributed by atoms with Crippen molar-refractivity contribution in [1.29, 1.82) is 0 Å². The summed E-state index contributed by atoms with van der Waals surface area (Å²) in [5, 5.41) is 3.08. The first-order valence-corrected chi connectivity index (χ1v) is 41.3. The second-order valence-electron chi connectivity index (χ2n) is 31.7. The molecule has 0 saturated carbocycles. The van der Waals surface area contributed by atoms with Crippen LogP contribution in [0.2, 0.25) is 0 Å². The van der Waals surface area contributed by atoms with E-state index in [2.05, 4.69) is 5.32 Å². The Labute approximate surface area is 692 Å². The molecule has 14 rings (SSSR count). The van der Waals surface area contributed by atoms with Gasteiger partial charge in [0.05, 0.1) is 103 Å². The SMILES string of the molecule is CC(=O)NC1[C@H](C)OC2COC(C)(C)O[C@H]2[C@@H]1O[C@@H]1OC(C)[C@H](OCc2ccccc2)[C@H](O[C@@H]2OC(C)[C@H](OCc3ccccc3)[C@H](OCc3ccccc3)C2O[C@@H]2OC(C)[C@H](OCc3ccccc3)[C@H](O[C@H]3O[C@@H](COCc4ccccc4)[C@@H](OCc4ccccc4)C(OCc4ccccc4)C3OCc3ccccc3)C2C)C1OC(C)=O. The molecule has 6 saturated heterocycles. The zero-order valence-electron chi connectivity index (χ0n) is 68.6. The van der Waals surface area contributed by atoms with Gasteiger partial charge < -0.3 is 100 Å². The molecule has 23 nitrogen and oxygen atoms in total. The molecule has 6 fully saturated rings. The molecule has 0 bridgehead atoms. The average Bonchev–Trinajstić information content (AvgIpc) is 0.770. The Morgan fingerprint density at radius 3 is 1.10 bits per heavy atom. The minimum absolute atomic E-state index is 0.0638. The van der Waals surface area contributed by atoms with Gasteiger partial charge in [-0.2, -0.15) is 0 Å². The largest absolute Gasteiger partial charge is 0.454 e. The molecule has 0 spiro atoms. The highest BCUT2D eigenvalue weighted by Gasteiger charge is 2.60. The van der Waals surface area contributed by atoms with Gasteiger partial charge in [0.25, 0.3) is 0 Å². The van der Waals surface area contributed by atoms with Crippen LogP contribution in [-0.2, 0) is 157 Å². The first-order valence-electron chi connectivity index (χ1n) is 41.3. The van der Waals surface area contributed by atoms with Crippen molar-refractivity contribution >= 4 is 11.9 Å². The molecule has 118 heavy (non-hydrogen) atoms. The van der Waals surface area contributed by atoms with Gasteiger partial charge in [0.1, 0.15) is 79.4 Å². The second kappa shape index (κ2) is 42.0. The van der Waals surface area contributed by atoms with Crippen molar-refractivity contribution in [3.8, 4) is 0 Å². The minimum Gasteiger partial charge on any atom is -0.454 e. The van der Waals surface area contributed by atoms with Crippen molar-refractivity contribution in [1.82, 2.24) is 5.32 Å². The van der Waals surface area contributed by atoms with Crippen LogP contribution < -0.4 is 5.32 Å². The molecule has 10 unspecified atom stereocenters. The van der Waals surface area contributed by atoms with Gasteiger partial charge in [0.15, 0.2) is 37.1 Å². The molecule has 6 heterocycles. The molecule has 8 aromatic rings. The van der Waals surface area contributed by atoms with Crippen LogP contribution in [0.25, 0.3) is 0 Å². The Bertz CT molecular complexity index is 4290. The summed E-state index contributed by atoms with van der Waals surface area (Å²) in [7, 11) is 0. The van der Waals surface area contributed by atoms with Crippen molar-refractivity contribution in [2.24, 2.45) is 5.92 Å². The number of ether oxygens (including phenoxy) is 20. The Morgan fingerprint density at radius 2 is 0.678 bits per heavy atom. The highest BCUT2D eigenvalue weighted by atomic mass is 16.8. The van der Waals surface area contributed by atoms with E-state index in [0.29, 0.717) is 0 Å². The summed E-state index contributed by atoms with van der Waals surface area (Å²) in [6.45, 7) is 17.4. The van der Waals surface area contributed by atoms with Gasteiger partial charge in [-0.05, 0) is 86.1 Å². The van der Waals surface area contributed by atoms with Crippen LogP contribution in [-0.4, -0.2) is 178 Å². The number of carbonyl (C=O) groups is 2. The lowest BCUT2D eigenvalue weighted by Crippen LogP contribution is -2.70. The predicted octanol–water partition coefficient (Wildman–Crippen LogP) is 13.8. The van der Waals surface area contributed by atoms with Gasteiger partial charge in [-0.25, -0.2) is 0 Å². The van der Waals surface area contributed by atoms with Crippen LogP contribution in [0.1, 0.15) is 107 Å². The van der Waals surface area contributed by atoms with Crippen molar-refractivity contribution in [2.45, 2.75) is 268 Å².